The quantitative estimate of drug-likeness (QED) is 0.306. The third-order valence-electron chi connectivity index (χ3n) is 7.74. The molecule has 0 spiro atoms. The molecule has 0 radical (unpaired) electrons. The lowest BCUT2D eigenvalue weighted by Crippen LogP contribution is -2.40. The fraction of sp³-hybridized carbons (Fsp3) is 0.333. The van der Waals surface area contributed by atoms with Gasteiger partial charge in [-0.3, -0.25) is 19.3 Å². The molecule has 6 heteroatoms. The Balaban J connectivity index is 1.17. The van der Waals surface area contributed by atoms with Crippen LogP contribution in [0, 0.1) is 35.5 Å². The maximum absolute atomic E-state index is 13.2. The van der Waals surface area contributed by atoms with Gasteiger partial charge in [0.1, 0.15) is 0 Å². The van der Waals surface area contributed by atoms with E-state index >= 15 is 0 Å². The molecule has 4 aliphatic carbocycles. The van der Waals surface area contributed by atoms with Gasteiger partial charge in [-0.05, 0) is 61.3 Å². The summed E-state index contributed by atoms with van der Waals surface area (Å²) in [4.78, 5) is 52.8. The van der Waals surface area contributed by atoms with E-state index in [4.69, 9.17) is 4.74 Å². The second-order valence-corrected chi connectivity index (χ2v) is 9.49. The average molecular weight is 441 g/mol. The van der Waals surface area contributed by atoms with Crippen molar-refractivity contribution >= 4 is 29.3 Å². The standard InChI is InChI=1S/C27H23NO5/c1-14(24(29)15-5-3-2-4-6-15)33-27(32)16-7-9-17(10-8-16)28-25(30)22-18-11-12-19(21-13-20(18)21)23(22)26(28)31/h2-12,14,18-23H,13H2,1H3/t14-,18-,19-,20-,21+,22-,23+/m0/s1. The van der Waals surface area contributed by atoms with Crippen molar-refractivity contribution in [3.8, 4) is 0 Å². The molecule has 0 unspecified atom stereocenters. The number of ether oxygens (including phenoxy) is 1. The first-order valence-corrected chi connectivity index (χ1v) is 11.4. The average Bonchev–Trinajstić information content (AvgIpc) is 3.62. The largest absolute Gasteiger partial charge is 0.451 e. The Kier molecular flexibility index (Phi) is 4.41. The minimum atomic E-state index is -0.932. The molecule has 2 aromatic carbocycles. The van der Waals surface area contributed by atoms with Gasteiger partial charge in [-0.1, -0.05) is 42.5 Å². The number of carbonyl (C=O) groups is 4. The first-order chi connectivity index (χ1) is 16.0. The van der Waals surface area contributed by atoms with E-state index in [1.54, 1.807) is 36.4 Å². The molecule has 5 aliphatic rings. The van der Waals surface area contributed by atoms with Crippen molar-refractivity contribution in [2.24, 2.45) is 35.5 Å². The first kappa shape index (κ1) is 20.1. The Morgan fingerprint density at radius 2 is 1.42 bits per heavy atom. The summed E-state index contributed by atoms with van der Waals surface area (Å²) < 4.78 is 5.35. The van der Waals surface area contributed by atoms with Gasteiger partial charge in [0.25, 0.3) is 0 Å². The van der Waals surface area contributed by atoms with Crippen LogP contribution in [0.2, 0.25) is 0 Å². The summed E-state index contributed by atoms with van der Waals surface area (Å²) in [6.45, 7) is 1.54. The molecule has 1 aliphatic heterocycles. The van der Waals surface area contributed by atoms with Crippen LogP contribution in [0.4, 0.5) is 5.69 Å². The predicted octanol–water partition coefficient (Wildman–Crippen LogP) is 3.67. The number of Topliss-reactive ketones (excluding diaryl/α,β-unsaturated/α-hetero) is 1. The highest BCUT2D eigenvalue weighted by Crippen LogP contribution is 2.65. The number of hydrogen-bond donors (Lipinski definition) is 0. The lowest BCUT2D eigenvalue weighted by molar-refractivity contribution is -0.124. The number of imide groups is 1. The van der Waals surface area contributed by atoms with Crippen LogP contribution >= 0.6 is 0 Å². The Morgan fingerprint density at radius 3 is 2.00 bits per heavy atom. The van der Waals surface area contributed by atoms with E-state index < -0.39 is 12.1 Å². The number of anilines is 1. The molecule has 1 saturated heterocycles. The van der Waals surface area contributed by atoms with E-state index in [1.807, 2.05) is 6.07 Å². The van der Waals surface area contributed by atoms with Crippen molar-refractivity contribution < 1.29 is 23.9 Å². The smallest absolute Gasteiger partial charge is 0.338 e. The molecule has 6 nitrogen and oxygen atoms in total. The van der Waals surface area contributed by atoms with Gasteiger partial charge in [0.05, 0.1) is 23.1 Å². The lowest BCUT2D eigenvalue weighted by Gasteiger charge is -2.37. The Morgan fingerprint density at radius 1 is 0.848 bits per heavy atom. The van der Waals surface area contributed by atoms with E-state index in [0.717, 1.165) is 6.42 Å². The van der Waals surface area contributed by atoms with Gasteiger partial charge in [0.15, 0.2) is 6.10 Å². The van der Waals surface area contributed by atoms with Crippen molar-refractivity contribution in [3.63, 3.8) is 0 Å². The van der Waals surface area contributed by atoms with Gasteiger partial charge >= 0.3 is 5.97 Å². The van der Waals surface area contributed by atoms with E-state index in [0.29, 0.717) is 23.1 Å². The third kappa shape index (κ3) is 3.00. The maximum Gasteiger partial charge on any atom is 0.338 e. The Hall–Kier alpha value is -3.54. The molecular weight excluding hydrogens is 418 g/mol. The fourth-order valence-corrected chi connectivity index (χ4v) is 6.08. The lowest BCUT2D eigenvalue weighted by atomic mass is 9.63. The Bertz CT molecular complexity index is 1160. The SMILES string of the molecule is C[C@H](OC(=O)c1ccc(N2C(=O)[C@@H]3[C@H]4C=C[C@@H]([C@@H]5C[C@H]45)[C@@H]3C2=O)cc1)C(=O)c1ccccc1. The summed E-state index contributed by atoms with van der Waals surface area (Å²) in [6.07, 6.45) is 4.48. The second kappa shape index (κ2) is 7.24. The molecule has 3 fully saturated rings. The highest BCUT2D eigenvalue weighted by atomic mass is 16.5. The molecule has 2 aromatic rings. The zero-order chi connectivity index (χ0) is 22.9. The minimum absolute atomic E-state index is 0.132. The summed E-state index contributed by atoms with van der Waals surface area (Å²) in [7, 11) is 0. The van der Waals surface area contributed by atoms with E-state index in [1.165, 1.54) is 24.0 Å². The topological polar surface area (TPSA) is 80.8 Å². The minimum Gasteiger partial charge on any atom is -0.451 e. The highest BCUT2D eigenvalue weighted by Gasteiger charge is 2.67. The first-order valence-electron chi connectivity index (χ1n) is 11.4. The Labute approximate surface area is 191 Å². The zero-order valence-electron chi connectivity index (χ0n) is 18.1. The van der Waals surface area contributed by atoms with Crippen LogP contribution in [0.15, 0.2) is 66.7 Å². The van der Waals surface area contributed by atoms with Crippen molar-refractivity contribution in [2.75, 3.05) is 4.90 Å². The van der Waals surface area contributed by atoms with Crippen LogP contribution in [0.3, 0.4) is 0 Å². The van der Waals surface area contributed by atoms with Crippen molar-refractivity contribution in [1.82, 2.24) is 0 Å². The summed E-state index contributed by atoms with van der Waals surface area (Å²) in [6, 6.07) is 14.9. The summed E-state index contributed by atoms with van der Waals surface area (Å²) in [5, 5.41) is 0. The summed E-state index contributed by atoms with van der Waals surface area (Å²) in [5.41, 5.74) is 1.20. The van der Waals surface area contributed by atoms with Gasteiger partial charge in [0, 0.05) is 5.56 Å². The number of allylic oxidation sites excluding steroid dienone is 2. The number of carbonyl (C=O) groups excluding carboxylic acids is 4. The number of nitrogens with zero attached hydrogens (tertiary/aromatic N) is 1. The molecule has 7 rings (SSSR count). The van der Waals surface area contributed by atoms with Crippen molar-refractivity contribution in [1.29, 1.82) is 0 Å². The van der Waals surface area contributed by atoms with Gasteiger partial charge < -0.3 is 4.74 Å². The van der Waals surface area contributed by atoms with Crippen molar-refractivity contribution in [2.45, 2.75) is 19.4 Å². The number of ketones is 1. The molecule has 2 amide bonds. The van der Waals surface area contributed by atoms with Crippen LogP contribution in [0.5, 0.6) is 0 Å². The molecule has 1 heterocycles. The molecular formula is C27H23NO5. The zero-order valence-corrected chi connectivity index (χ0v) is 18.1. The van der Waals surface area contributed by atoms with Gasteiger partial charge in [0.2, 0.25) is 17.6 Å². The third-order valence-corrected chi connectivity index (χ3v) is 7.74. The number of esters is 1. The van der Waals surface area contributed by atoms with Gasteiger partial charge in [-0.25, -0.2) is 4.79 Å². The summed E-state index contributed by atoms with van der Waals surface area (Å²) >= 11 is 0. The number of hydrogen-bond acceptors (Lipinski definition) is 5. The van der Waals surface area contributed by atoms with E-state index in [-0.39, 0.29) is 46.8 Å². The van der Waals surface area contributed by atoms with Crippen molar-refractivity contribution in [3.05, 3.63) is 77.9 Å². The molecule has 2 saturated carbocycles. The molecule has 0 N–H and O–H groups in total. The van der Waals surface area contributed by atoms with Crippen LogP contribution in [-0.4, -0.2) is 29.7 Å². The second-order valence-electron chi connectivity index (χ2n) is 9.49. The highest BCUT2D eigenvalue weighted by molar-refractivity contribution is 6.22. The fourth-order valence-electron chi connectivity index (χ4n) is 6.08. The summed E-state index contributed by atoms with van der Waals surface area (Å²) in [5.74, 6) is -0.248. The number of amides is 2. The van der Waals surface area contributed by atoms with Crippen LogP contribution in [0.1, 0.15) is 34.1 Å². The molecule has 166 valence electrons. The monoisotopic (exact) mass is 441 g/mol. The molecule has 2 bridgehead atoms. The van der Waals surface area contributed by atoms with Crippen LogP contribution in [-0.2, 0) is 14.3 Å². The van der Waals surface area contributed by atoms with Crippen LogP contribution in [0.25, 0.3) is 0 Å². The van der Waals surface area contributed by atoms with Gasteiger partial charge in [-0.2, -0.15) is 0 Å². The molecule has 7 atom stereocenters. The number of rotatable bonds is 5. The predicted molar refractivity (Wildman–Crippen MR) is 119 cm³/mol. The van der Waals surface area contributed by atoms with Crippen LogP contribution < -0.4 is 4.90 Å². The molecule has 33 heavy (non-hydrogen) atoms. The van der Waals surface area contributed by atoms with E-state index in [2.05, 4.69) is 12.2 Å². The number of benzene rings is 2. The normalized spacial score (nSPS) is 31.7. The van der Waals surface area contributed by atoms with Gasteiger partial charge in [-0.15, -0.1) is 0 Å². The molecule has 0 aromatic heterocycles. The maximum atomic E-state index is 13.2. The van der Waals surface area contributed by atoms with E-state index in [9.17, 15) is 19.2 Å².